The standard InChI is InChI=1S/C20H17ClF3N3O2.C20H19F3N2O4/c21-14-3-5-15(6-4-14)29-16-7-8-17(18(9-16)20(22,23)24)19(28,13-1-2-13)10-27-12-25-11-26-27;1-13(14-8-6-9-16(11-14)20(21,22)23)24-29-12-15-7-4-5-10-17(15)18(25-28-3)19(26)27-2/h3-9,11-13,28H,1-2,10H2;4-11H,12H2,1-3H3/b;24-13+,25-18+. The third kappa shape index (κ3) is 11.1. The van der Waals surface area contributed by atoms with Gasteiger partial charge in [0.15, 0.2) is 5.71 Å². The zero-order valence-corrected chi connectivity index (χ0v) is 31.8. The molecule has 1 atom stereocenters. The molecule has 0 bridgehead atoms. The Labute approximate surface area is 333 Å². The average molecular weight is 832 g/mol. The second-order valence-corrected chi connectivity index (χ2v) is 13.3. The summed E-state index contributed by atoms with van der Waals surface area (Å²) >= 11 is 5.82. The van der Waals surface area contributed by atoms with E-state index in [0.29, 0.717) is 34.7 Å². The van der Waals surface area contributed by atoms with E-state index >= 15 is 0 Å². The van der Waals surface area contributed by atoms with Crippen molar-refractivity contribution in [2.75, 3.05) is 14.2 Å². The van der Waals surface area contributed by atoms with E-state index in [1.165, 1.54) is 62.7 Å². The van der Waals surface area contributed by atoms with E-state index in [-0.39, 0.29) is 47.4 Å². The van der Waals surface area contributed by atoms with Crippen molar-refractivity contribution >= 4 is 29.0 Å². The molecule has 58 heavy (non-hydrogen) atoms. The van der Waals surface area contributed by atoms with Crippen LogP contribution in [0.25, 0.3) is 0 Å². The lowest BCUT2D eigenvalue weighted by atomic mass is 9.85. The van der Waals surface area contributed by atoms with Crippen LogP contribution in [0.4, 0.5) is 26.3 Å². The molecule has 18 heteroatoms. The lowest BCUT2D eigenvalue weighted by molar-refractivity contribution is -0.142. The molecule has 1 heterocycles. The van der Waals surface area contributed by atoms with Crippen molar-refractivity contribution in [2.24, 2.45) is 16.2 Å². The monoisotopic (exact) mass is 831 g/mol. The first kappa shape index (κ1) is 43.2. The minimum absolute atomic E-state index is 0.0160. The number of hydrogen-bond acceptors (Lipinski definition) is 10. The average Bonchev–Trinajstić information content (AvgIpc) is 3.94. The first-order valence-electron chi connectivity index (χ1n) is 17.3. The third-order valence-electron chi connectivity index (χ3n) is 8.80. The Morgan fingerprint density at radius 2 is 1.59 bits per heavy atom. The van der Waals surface area contributed by atoms with Crippen LogP contribution in [0.1, 0.15) is 53.1 Å². The molecule has 1 saturated carbocycles. The van der Waals surface area contributed by atoms with Gasteiger partial charge in [0.05, 0.1) is 30.5 Å². The zero-order chi connectivity index (χ0) is 42.1. The van der Waals surface area contributed by atoms with Crippen LogP contribution in [0.2, 0.25) is 5.02 Å². The van der Waals surface area contributed by atoms with Crippen molar-refractivity contribution in [3.63, 3.8) is 0 Å². The number of aliphatic hydroxyl groups is 1. The van der Waals surface area contributed by atoms with E-state index < -0.39 is 35.0 Å². The number of esters is 1. The van der Waals surface area contributed by atoms with Crippen LogP contribution < -0.4 is 4.74 Å². The maximum atomic E-state index is 13.9. The van der Waals surface area contributed by atoms with Gasteiger partial charge in [-0.05, 0) is 85.3 Å². The number of nitrogens with zero attached hydrogens (tertiary/aromatic N) is 5. The van der Waals surface area contributed by atoms with Crippen molar-refractivity contribution in [3.8, 4) is 11.5 Å². The van der Waals surface area contributed by atoms with Crippen molar-refractivity contribution < 1.29 is 55.4 Å². The summed E-state index contributed by atoms with van der Waals surface area (Å²) in [6.07, 6.45) is -5.17. The number of halogens is 7. The molecule has 11 nitrogen and oxygen atoms in total. The number of ether oxygens (including phenoxy) is 2. The summed E-state index contributed by atoms with van der Waals surface area (Å²) in [5.74, 6) is -0.601. The predicted octanol–water partition coefficient (Wildman–Crippen LogP) is 9.21. The van der Waals surface area contributed by atoms with Gasteiger partial charge < -0.3 is 24.3 Å². The van der Waals surface area contributed by atoms with Crippen LogP contribution in [0.5, 0.6) is 11.5 Å². The predicted molar refractivity (Wildman–Crippen MR) is 200 cm³/mol. The van der Waals surface area contributed by atoms with Crippen molar-refractivity contribution in [1.29, 1.82) is 0 Å². The summed E-state index contributed by atoms with van der Waals surface area (Å²) < 4.78 is 91.8. The van der Waals surface area contributed by atoms with E-state index in [2.05, 4.69) is 20.4 Å². The van der Waals surface area contributed by atoms with E-state index in [4.69, 9.17) is 30.7 Å². The molecule has 0 amide bonds. The van der Waals surface area contributed by atoms with Gasteiger partial charge in [0.2, 0.25) is 0 Å². The lowest BCUT2D eigenvalue weighted by Crippen LogP contribution is -2.36. The molecule has 0 radical (unpaired) electrons. The molecule has 0 spiro atoms. The molecule has 1 N–H and O–H groups in total. The summed E-state index contributed by atoms with van der Waals surface area (Å²) in [6.45, 7) is 1.37. The van der Waals surface area contributed by atoms with Gasteiger partial charge in [0.1, 0.15) is 43.5 Å². The van der Waals surface area contributed by atoms with Gasteiger partial charge in [-0.2, -0.15) is 31.4 Å². The first-order chi connectivity index (χ1) is 27.5. The van der Waals surface area contributed by atoms with Crippen molar-refractivity contribution in [2.45, 2.75) is 50.9 Å². The fraction of sp³-hybridized carbons (Fsp3) is 0.275. The Kier molecular flexibility index (Phi) is 13.8. The number of aromatic nitrogens is 3. The number of benzene rings is 4. The zero-order valence-electron chi connectivity index (χ0n) is 31.1. The van der Waals surface area contributed by atoms with Gasteiger partial charge in [0, 0.05) is 16.1 Å². The molecule has 6 rings (SSSR count). The highest BCUT2D eigenvalue weighted by atomic mass is 35.5. The number of oxime groups is 2. The SMILES string of the molecule is CO/N=C(/C(=O)OC)c1ccccc1CO/N=C(\C)c1cccc(C(F)(F)F)c1.OC(Cn1cncn1)(c1ccc(Oc2ccc(Cl)cc2)cc1C(F)(F)F)C1CC1. The minimum Gasteiger partial charge on any atom is -0.464 e. The Morgan fingerprint density at radius 1 is 0.879 bits per heavy atom. The van der Waals surface area contributed by atoms with E-state index in [1.807, 2.05) is 0 Å². The molecule has 1 aromatic heterocycles. The van der Waals surface area contributed by atoms with Crippen LogP contribution in [0, 0.1) is 5.92 Å². The number of carbonyl (C=O) groups is 1. The number of hydrogen-bond donors (Lipinski definition) is 1. The van der Waals surface area contributed by atoms with Crippen LogP contribution >= 0.6 is 11.6 Å². The number of carbonyl (C=O) groups excluding carboxylic acids is 1. The maximum absolute atomic E-state index is 13.9. The highest BCUT2D eigenvalue weighted by molar-refractivity contribution is 6.43. The van der Waals surface area contributed by atoms with E-state index in [9.17, 15) is 36.2 Å². The summed E-state index contributed by atoms with van der Waals surface area (Å²) in [5, 5.41) is 23.3. The van der Waals surface area contributed by atoms with Crippen LogP contribution in [0.3, 0.4) is 0 Å². The fourth-order valence-electron chi connectivity index (χ4n) is 5.83. The molecule has 0 saturated heterocycles. The van der Waals surface area contributed by atoms with Crippen LogP contribution in [-0.2, 0) is 50.3 Å². The molecule has 4 aromatic carbocycles. The van der Waals surface area contributed by atoms with Gasteiger partial charge in [-0.15, -0.1) is 0 Å². The third-order valence-corrected chi connectivity index (χ3v) is 9.05. The molecule has 5 aromatic rings. The smallest absolute Gasteiger partial charge is 0.416 e. The number of rotatable bonds is 13. The van der Waals surface area contributed by atoms with Crippen molar-refractivity contribution in [1.82, 2.24) is 14.8 Å². The van der Waals surface area contributed by atoms with Gasteiger partial charge in [0.25, 0.3) is 0 Å². The van der Waals surface area contributed by atoms with Crippen LogP contribution in [-0.4, -0.2) is 51.5 Å². The van der Waals surface area contributed by atoms with Gasteiger partial charge in [-0.3, -0.25) is 0 Å². The fourth-order valence-corrected chi connectivity index (χ4v) is 5.95. The Balaban J connectivity index is 0.000000221. The molecule has 1 aliphatic carbocycles. The molecule has 306 valence electrons. The second kappa shape index (κ2) is 18.5. The first-order valence-corrected chi connectivity index (χ1v) is 17.7. The normalized spacial score (nSPS) is 14.5. The Hall–Kier alpha value is -5.94. The highest BCUT2D eigenvalue weighted by Crippen LogP contribution is 2.50. The topological polar surface area (TPSA) is 130 Å². The number of methoxy groups -OCH3 is 1. The summed E-state index contributed by atoms with van der Waals surface area (Å²) in [5.41, 5.74) is -2.11. The Bertz CT molecular complexity index is 2230. The quantitative estimate of drug-likeness (QED) is 0.0538. The minimum atomic E-state index is -4.67. The molecule has 1 aliphatic rings. The summed E-state index contributed by atoms with van der Waals surface area (Å²) in [4.78, 5) is 25.8. The van der Waals surface area contributed by atoms with Crippen molar-refractivity contribution in [3.05, 3.63) is 142 Å². The van der Waals surface area contributed by atoms with E-state index in [1.54, 1.807) is 48.5 Å². The molecule has 1 fully saturated rings. The molecular weight excluding hydrogens is 796 g/mol. The largest absolute Gasteiger partial charge is 0.464 e. The van der Waals surface area contributed by atoms with Gasteiger partial charge in [-0.25, -0.2) is 14.5 Å². The second-order valence-electron chi connectivity index (χ2n) is 12.9. The Morgan fingerprint density at radius 3 is 2.21 bits per heavy atom. The molecular formula is C40H36ClF6N5O6. The molecule has 1 unspecified atom stereocenters. The molecule has 0 aliphatic heterocycles. The van der Waals surface area contributed by atoms with Gasteiger partial charge >= 0.3 is 18.3 Å². The lowest BCUT2D eigenvalue weighted by Gasteiger charge is -2.31. The van der Waals surface area contributed by atoms with Crippen LogP contribution in [0.15, 0.2) is 114 Å². The van der Waals surface area contributed by atoms with E-state index in [0.717, 1.165) is 18.2 Å². The van der Waals surface area contributed by atoms with Gasteiger partial charge in [-0.1, -0.05) is 64.4 Å². The highest BCUT2D eigenvalue weighted by Gasteiger charge is 2.50. The summed E-state index contributed by atoms with van der Waals surface area (Å²) in [6, 6.07) is 21.5. The summed E-state index contributed by atoms with van der Waals surface area (Å²) in [7, 11) is 2.51. The maximum Gasteiger partial charge on any atom is 0.416 e. The number of alkyl halides is 6.